The summed E-state index contributed by atoms with van der Waals surface area (Å²) >= 11 is 0. The number of rotatable bonds is 10. The molecule has 140 valence electrons. The van der Waals surface area contributed by atoms with Crippen LogP contribution in [-0.2, 0) is 6.54 Å². The maximum Gasteiger partial charge on any atom is 0.248 e. The monoisotopic (exact) mass is 348 g/mol. The zero-order valence-electron chi connectivity index (χ0n) is 15.6. The summed E-state index contributed by atoms with van der Waals surface area (Å²) in [7, 11) is 0. The van der Waals surface area contributed by atoms with Crippen LogP contribution in [0.25, 0.3) is 0 Å². The summed E-state index contributed by atoms with van der Waals surface area (Å²) in [4.78, 5) is 15.8. The SMILES string of the molecule is CCCC(O)(CCC)CNC(=NCc1cccc(C(N)=O)c1)NCC. The van der Waals surface area contributed by atoms with Gasteiger partial charge in [0.25, 0.3) is 0 Å². The van der Waals surface area contributed by atoms with E-state index in [1.54, 1.807) is 18.2 Å². The number of carbonyl (C=O) groups is 1. The molecule has 0 aromatic heterocycles. The smallest absolute Gasteiger partial charge is 0.248 e. The number of primary amides is 1. The van der Waals surface area contributed by atoms with Gasteiger partial charge >= 0.3 is 0 Å². The van der Waals surface area contributed by atoms with Crippen LogP contribution < -0.4 is 16.4 Å². The van der Waals surface area contributed by atoms with Crippen molar-refractivity contribution in [2.45, 2.75) is 58.6 Å². The second kappa shape index (κ2) is 10.7. The molecule has 1 amide bonds. The van der Waals surface area contributed by atoms with Crippen molar-refractivity contribution in [2.24, 2.45) is 10.7 Å². The predicted molar refractivity (Wildman–Crippen MR) is 103 cm³/mol. The number of benzene rings is 1. The van der Waals surface area contributed by atoms with Crippen LogP contribution in [0, 0.1) is 0 Å². The van der Waals surface area contributed by atoms with Crippen LogP contribution in [0.5, 0.6) is 0 Å². The molecule has 1 aromatic carbocycles. The van der Waals surface area contributed by atoms with Gasteiger partial charge in [-0.05, 0) is 37.5 Å². The van der Waals surface area contributed by atoms with E-state index in [9.17, 15) is 9.90 Å². The predicted octanol–water partition coefficient (Wildman–Crippen LogP) is 2.17. The fourth-order valence-electron chi connectivity index (χ4n) is 2.82. The van der Waals surface area contributed by atoms with E-state index in [2.05, 4.69) is 29.5 Å². The highest BCUT2D eigenvalue weighted by Crippen LogP contribution is 2.18. The van der Waals surface area contributed by atoms with Crippen LogP contribution in [0.2, 0.25) is 0 Å². The minimum Gasteiger partial charge on any atom is -0.388 e. The lowest BCUT2D eigenvalue weighted by molar-refractivity contribution is 0.0257. The van der Waals surface area contributed by atoms with Gasteiger partial charge in [-0.2, -0.15) is 0 Å². The summed E-state index contributed by atoms with van der Waals surface area (Å²) in [5, 5.41) is 17.1. The van der Waals surface area contributed by atoms with Gasteiger partial charge in [0.05, 0.1) is 12.1 Å². The fraction of sp³-hybridized carbons (Fsp3) is 0.579. The Morgan fingerprint density at radius 2 is 1.88 bits per heavy atom. The molecule has 6 nitrogen and oxygen atoms in total. The van der Waals surface area contributed by atoms with Gasteiger partial charge in [-0.25, -0.2) is 4.99 Å². The second-order valence-corrected chi connectivity index (χ2v) is 6.34. The lowest BCUT2D eigenvalue weighted by Gasteiger charge is -2.28. The van der Waals surface area contributed by atoms with E-state index in [1.807, 2.05) is 13.0 Å². The van der Waals surface area contributed by atoms with Gasteiger partial charge < -0.3 is 21.5 Å². The summed E-state index contributed by atoms with van der Waals surface area (Å²) in [5.74, 6) is 0.206. The van der Waals surface area contributed by atoms with Gasteiger partial charge in [0.15, 0.2) is 5.96 Å². The molecule has 5 N–H and O–H groups in total. The van der Waals surface area contributed by atoms with E-state index in [0.29, 0.717) is 24.6 Å². The molecular formula is C19H32N4O2. The first kappa shape index (κ1) is 21.0. The highest BCUT2D eigenvalue weighted by Gasteiger charge is 2.24. The Labute approximate surface area is 150 Å². The average Bonchev–Trinajstić information content (AvgIpc) is 2.58. The molecule has 0 atom stereocenters. The summed E-state index contributed by atoms with van der Waals surface area (Å²) in [6.07, 6.45) is 3.39. The van der Waals surface area contributed by atoms with Crippen molar-refractivity contribution in [3.8, 4) is 0 Å². The van der Waals surface area contributed by atoms with E-state index < -0.39 is 11.5 Å². The quantitative estimate of drug-likeness (QED) is 0.385. The van der Waals surface area contributed by atoms with Crippen molar-refractivity contribution in [3.63, 3.8) is 0 Å². The van der Waals surface area contributed by atoms with Crippen LogP contribution in [-0.4, -0.2) is 35.7 Å². The molecule has 0 heterocycles. The molecule has 6 heteroatoms. The van der Waals surface area contributed by atoms with Gasteiger partial charge in [0.2, 0.25) is 5.91 Å². The number of nitrogens with zero attached hydrogens (tertiary/aromatic N) is 1. The number of nitrogens with two attached hydrogens (primary N) is 1. The molecule has 0 fully saturated rings. The third-order valence-corrected chi connectivity index (χ3v) is 3.99. The Morgan fingerprint density at radius 1 is 1.20 bits per heavy atom. The summed E-state index contributed by atoms with van der Waals surface area (Å²) in [6, 6.07) is 7.14. The molecule has 0 saturated carbocycles. The Bertz CT molecular complexity index is 566. The number of amides is 1. The van der Waals surface area contributed by atoms with Gasteiger partial charge in [0.1, 0.15) is 0 Å². The summed E-state index contributed by atoms with van der Waals surface area (Å²) < 4.78 is 0. The number of guanidine groups is 1. The van der Waals surface area contributed by atoms with Crippen molar-refractivity contribution < 1.29 is 9.90 Å². The fourth-order valence-corrected chi connectivity index (χ4v) is 2.82. The third kappa shape index (κ3) is 7.56. The molecule has 0 radical (unpaired) electrons. The van der Waals surface area contributed by atoms with Crippen LogP contribution in [0.3, 0.4) is 0 Å². The normalized spacial score (nSPS) is 12.1. The molecule has 25 heavy (non-hydrogen) atoms. The Kier molecular flexibility index (Phi) is 8.99. The van der Waals surface area contributed by atoms with Crippen molar-refractivity contribution in [1.29, 1.82) is 0 Å². The van der Waals surface area contributed by atoms with E-state index in [4.69, 9.17) is 5.73 Å². The summed E-state index contributed by atoms with van der Waals surface area (Å²) in [5.41, 5.74) is 5.98. The lowest BCUT2D eigenvalue weighted by atomic mass is 9.93. The number of nitrogens with one attached hydrogen (secondary N) is 2. The highest BCUT2D eigenvalue weighted by atomic mass is 16.3. The molecular weight excluding hydrogens is 316 g/mol. The van der Waals surface area contributed by atoms with E-state index in [0.717, 1.165) is 37.8 Å². The lowest BCUT2D eigenvalue weighted by Crippen LogP contribution is -2.47. The van der Waals surface area contributed by atoms with Crippen molar-refractivity contribution >= 4 is 11.9 Å². The summed E-state index contributed by atoms with van der Waals surface area (Å²) in [6.45, 7) is 7.76. The Morgan fingerprint density at radius 3 is 2.44 bits per heavy atom. The first-order valence-corrected chi connectivity index (χ1v) is 9.07. The van der Waals surface area contributed by atoms with Crippen molar-refractivity contribution in [1.82, 2.24) is 10.6 Å². The first-order chi connectivity index (χ1) is 11.9. The number of aliphatic hydroxyl groups is 1. The van der Waals surface area contributed by atoms with E-state index in [-0.39, 0.29) is 0 Å². The Hall–Kier alpha value is -2.08. The molecule has 0 saturated heterocycles. The number of aliphatic imine (C=N–C) groups is 1. The molecule has 0 spiro atoms. The Balaban J connectivity index is 2.76. The highest BCUT2D eigenvalue weighted by molar-refractivity contribution is 5.92. The minimum absolute atomic E-state index is 0.427. The zero-order chi connectivity index (χ0) is 18.7. The molecule has 0 unspecified atom stereocenters. The van der Waals surface area contributed by atoms with Crippen LogP contribution in [0.1, 0.15) is 62.4 Å². The van der Waals surface area contributed by atoms with E-state index >= 15 is 0 Å². The maximum absolute atomic E-state index is 11.3. The topological polar surface area (TPSA) is 99.7 Å². The molecule has 1 rings (SSSR count). The molecule has 0 aliphatic rings. The van der Waals surface area contributed by atoms with Crippen LogP contribution in [0.15, 0.2) is 29.3 Å². The van der Waals surface area contributed by atoms with Crippen LogP contribution >= 0.6 is 0 Å². The van der Waals surface area contributed by atoms with E-state index in [1.165, 1.54) is 0 Å². The van der Waals surface area contributed by atoms with Gasteiger partial charge in [-0.15, -0.1) is 0 Å². The first-order valence-electron chi connectivity index (χ1n) is 9.07. The number of hydrogen-bond donors (Lipinski definition) is 4. The van der Waals surface area contributed by atoms with Gasteiger partial charge in [-0.3, -0.25) is 4.79 Å². The molecule has 0 bridgehead atoms. The van der Waals surface area contributed by atoms with Crippen molar-refractivity contribution in [2.75, 3.05) is 13.1 Å². The number of carbonyl (C=O) groups excluding carboxylic acids is 1. The largest absolute Gasteiger partial charge is 0.388 e. The maximum atomic E-state index is 11.3. The zero-order valence-corrected chi connectivity index (χ0v) is 15.6. The second-order valence-electron chi connectivity index (χ2n) is 6.34. The minimum atomic E-state index is -0.717. The van der Waals surface area contributed by atoms with Gasteiger partial charge in [-0.1, -0.05) is 38.8 Å². The molecule has 0 aliphatic carbocycles. The molecule has 0 aliphatic heterocycles. The third-order valence-electron chi connectivity index (χ3n) is 3.99. The average molecular weight is 348 g/mol. The standard InChI is InChI=1S/C19H32N4O2/c1-4-10-19(25,11-5-2)14-23-18(21-6-3)22-13-15-8-7-9-16(12-15)17(20)24/h7-9,12,25H,4-6,10-11,13-14H2,1-3H3,(H2,20,24)(H2,21,22,23). The molecule has 1 aromatic rings. The number of hydrogen-bond acceptors (Lipinski definition) is 3. The van der Waals surface area contributed by atoms with Crippen LogP contribution in [0.4, 0.5) is 0 Å². The van der Waals surface area contributed by atoms with Gasteiger partial charge in [0, 0.05) is 18.7 Å². The van der Waals surface area contributed by atoms with Crippen molar-refractivity contribution in [3.05, 3.63) is 35.4 Å².